The van der Waals surface area contributed by atoms with E-state index in [1.807, 2.05) is 0 Å². The molecule has 0 aromatic heterocycles. The fraction of sp³-hybridized carbons (Fsp3) is 0.462. The summed E-state index contributed by atoms with van der Waals surface area (Å²) < 4.78 is 13.6. The SMILES string of the molecule is CC1CCCC1C(=O)c1ccc(Cl)cc1F. The maximum atomic E-state index is 13.6. The quantitative estimate of drug-likeness (QED) is 0.712. The molecule has 1 aliphatic rings. The van der Waals surface area contributed by atoms with E-state index in [9.17, 15) is 9.18 Å². The zero-order valence-electron chi connectivity index (χ0n) is 9.17. The molecule has 16 heavy (non-hydrogen) atoms. The summed E-state index contributed by atoms with van der Waals surface area (Å²) >= 11 is 5.66. The van der Waals surface area contributed by atoms with Crippen molar-refractivity contribution < 1.29 is 9.18 Å². The number of Topliss-reactive ketones (excluding diaryl/α,β-unsaturated/α-hetero) is 1. The lowest BCUT2D eigenvalue weighted by atomic mass is 9.89. The Morgan fingerprint density at radius 3 is 2.75 bits per heavy atom. The van der Waals surface area contributed by atoms with Crippen molar-refractivity contribution in [1.29, 1.82) is 0 Å². The predicted octanol–water partition coefficient (Wildman–Crippen LogP) is 4.10. The van der Waals surface area contributed by atoms with Crippen molar-refractivity contribution in [3.63, 3.8) is 0 Å². The van der Waals surface area contributed by atoms with E-state index in [1.54, 1.807) is 6.07 Å². The topological polar surface area (TPSA) is 17.1 Å². The molecule has 2 unspecified atom stereocenters. The normalized spacial score (nSPS) is 24.7. The van der Waals surface area contributed by atoms with Gasteiger partial charge in [-0.05, 0) is 37.0 Å². The van der Waals surface area contributed by atoms with Gasteiger partial charge in [0.05, 0.1) is 5.56 Å². The number of ketones is 1. The summed E-state index contributed by atoms with van der Waals surface area (Å²) in [6, 6.07) is 4.26. The van der Waals surface area contributed by atoms with Gasteiger partial charge >= 0.3 is 0 Å². The van der Waals surface area contributed by atoms with Crippen molar-refractivity contribution in [3.8, 4) is 0 Å². The Labute approximate surface area is 99.6 Å². The van der Waals surface area contributed by atoms with Gasteiger partial charge in [-0.15, -0.1) is 0 Å². The van der Waals surface area contributed by atoms with E-state index >= 15 is 0 Å². The molecule has 0 heterocycles. The first kappa shape index (κ1) is 11.6. The Morgan fingerprint density at radius 2 is 2.19 bits per heavy atom. The highest BCUT2D eigenvalue weighted by Crippen LogP contribution is 2.34. The van der Waals surface area contributed by atoms with E-state index in [0.29, 0.717) is 10.9 Å². The zero-order chi connectivity index (χ0) is 11.7. The molecule has 0 N–H and O–H groups in total. The van der Waals surface area contributed by atoms with Crippen LogP contribution < -0.4 is 0 Å². The molecule has 0 bridgehead atoms. The first-order valence-electron chi connectivity index (χ1n) is 5.59. The van der Waals surface area contributed by atoms with Crippen LogP contribution in [0.25, 0.3) is 0 Å². The number of halogens is 2. The summed E-state index contributed by atoms with van der Waals surface area (Å²) in [6.07, 6.45) is 3.00. The Balaban J connectivity index is 2.27. The van der Waals surface area contributed by atoms with Crippen LogP contribution in [0.5, 0.6) is 0 Å². The van der Waals surface area contributed by atoms with Crippen molar-refractivity contribution >= 4 is 17.4 Å². The van der Waals surface area contributed by atoms with Crippen molar-refractivity contribution in [3.05, 3.63) is 34.6 Å². The molecule has 1 nitrogen and oxygen atoms in total. The van der Waals surface area contributed by atoms with Crippen molar-refractivity contribution in [2.24, 2.45) is 11.8 Å². The van der Waals surface area contributed by atoms with Crippen LogP contribution in [0, 0.1) is 17.7 Å². The predicted molar refractivity (Wildman–Crippen MR) is 62.2 cm³/mol. The molecule has 3 heteroatoms. The summed E-state index contributed by atoms with van der Waals surface area (Å²) in [6.45, 7) is 2.06. The summed E-state index contributed by atoms with van der Waals surface area (Å²) in [4.78, 5) is 12.1. The largest absolute Gasteiger partial charge is 0.294 e. The van der Waals surface area contributed by atoms with Gasteiger partial charge in [-0.3, -0.25) is 4.79 Å². The lowest BCUT2D eigenvalue weighted by Gasteiger charge is -2.14. The molecular formula is C13H14ClFO. The summed E-state index contributed by atoms with van der Waals surface area (Å²) in [5, 5.41) is 0.327. The summed E-state index contributed by atoms with van der Waals surface area (Å²) in [7, 11) is 0. The third-order valence-electron chi connectivity index (χ3n) is 3.39. The number of hydrogen-bond acceptors (Lipinski definition) is 1. The molecule has 0 aliphatic heterocycles. The van der Waals surface area contributed by atoms with E-state index in [4.69, 9.17) is 11.6 Å². The summed E-state index contributed by atoms with van der Waals surface area (Å²) in [5.41, 5.74) is 0.183. The lowest BCUT2D eigenvalue weighted by molar-refractivity contribution is 0.0893. The molecule has 2 atom stereocenters. The maximum Gasteiger partial charge on any atom is 0.169 e. The van der Waals surface area contributed by atoms with E-state index in [-0.39, 0.29) is 17.3 Å². The average Bonchev–Trinajstić information content (AvgIpc) is 2.63. The van der Waals surface area contributed by atoms with Crippen LogP contribution in [-0.2, 0) is 0 Å². The second kappa shape index (κ2) is 4.54. The van der Waals surface area contributed by atoms with Crippen LogP contribution in [0.4, 0.5) is 4.39 Å². The minimum Gasteiger partial charge on any atom is -0.294 e. The third-order valence-corrected chi connectivity index (χ3v) is 3.63. The van der Waals surface area contributed by atoms with Crippen LogP contribution in [-0.4, -0.2) is 5.78 Å². The van der Waals surface area contributed by atoms with Gasteiger partial charge in [-0.25, -0.2) is 4.39 Å². The second-order valence-electron chi connectivity index (χ2n) is 4.50. The van der Waals surface area contributed by atoms with E-state index in [0.717, 1.165) is 19.3 Å². The van der Waals surface area contributed by atoms with Gasteiger partial charge in [0.1, 0.15) is 5.82 Å². The first-order valence-corrected chi connectivity index (χ1v) is 5.96. The fourth-order valence-electron chi connectivity index (χ4n) is 2.42. The molecule has 0 radical (unpaired) electrons. The van der Waals surface area contributed by atoms with Gasteiger partial charge < -0.3 is 0 Å². The molecule has 1 fully saturated rings. The number of hydrogen-bond donors (Lipinski definition) is 0. The van der Waals surface area contributed by atoms with E-state index in [1.165, 1.54) is 12.1 Å². The van der Waals surface area contributed by atoms with Crippen molar-refractivity contribution in [2.45, 2.75) is 26.2 Å². The smallest absolute Gasteiger partial charge is 0.169 e. The molecule has 0 amide bonds. The standard InChI is InChI=1S/C13H14ClFO/c1-8-3-2-4-10(8)13(16)11-6-5-9(14)7-12(11)15/h5-8,10H,2-4H2,1H3. The van der Waals surface area contributed by atoms with Crippen LogP contribution in [0.1, 0.15) is 36.5 Å². The third kappa shape index (κ3) is 2.12. The van der Waals surface area contributed by atoms with E-state index < -0.39 is 5.82 Å². The van der Waals surface area contributed by atoms with Crippen molar-refractivity contribution in [1.82, 2.24) is 0 Å². The van der Waals surface area contributed by atoms with Gasteiger partial charge in [0.15, 0.2) is 5.78 Å². The second-order valence-corrected chi connectivity index (χ2v) is 4.94. The lowest BCUT2D eigenvalue weighted by Crippen LogP contribution is -2.18. The first-order chi connectivity index (χ1) is 7.59. The molecule has 1 aliphatic carbocycles. The van der Waals surface area contributed by atoms with Crippen LogP contribution in [0.15, 0.2) is 18.2 Å². The monoisotopic (exact) mass is 240 g/mol. The molecular weight excluding hydrogens is 227 g/mol. The Bertz CT molecular complexity index is 416. The van der Waals surface area contributed by atoms with Crippen LogP contribution >= 0.6 is 11.6 Å². The molecule has 1 aromatic carbocycles. The van der Waals surface area contributed by atoms with Crippen LogP contribution in [0.3, 0.4) is 0 Å². The van der Waals surface area contributed by atoms with Gasteiger partial charge in [-0.1, -0.05) is 24.9 Å². The van der Waals surface area contributed by atoms with Crippen LogP contribution in [0.2, 0.25) is 5.02 Å². The van der Waals surface area contributed by atoms with Gasteiger partial charge in [0.2, 0.25) is 0 Å². The number of rotatable bonds is 2. The maximum absolute atomic E-state index is 13.6. The molecule has 2 rings (SSSR count). The molecule has 0 spiro atoms. The molecule has 86 valence electrons. The minimum absolute atomic E-state index is 0.0179. The van der Waals surface area contributed by atoms with Gasteiger partial charge in [0, 0.05) is 10.9 Å². The highest BCUT2D eigenvalue weighted by atomic mass is 35.5. The Morgan fingerprint density at radius 1 is 1.44 bits per heavy atom. The highest BCUT2D eigenvalue weighted by molar-refractivity contribution is 6.30. The Kier molecular flexibility index (Phi) is 3.29. The number of carbonyl (C=O) groups excluding carboxylic acids is 1. The Hall–Kier alpha value is -0.890. The minimum atomic E-state index is -0.503. The average molecular weight is 241 g/mol. The highest BCUT2D eigenvalue weighted by Gasteiger charge is 2.31. The van der Waals surface area contributed by atoms with Gasteiger partial charge in [-0.2, -0.15) is 0 Å². The number of carbonyl (C=O) groups is 1. The number of benzene rings is 1. The zero-order valence-corrected chi connectivity index (χ0v) is 9.93. The van der Waals surface area contributed by atoms with E-state index in [2.05, 4.69) is 6.92 Å². The fourth-order valence-corrected chi connectivity index (χ4v) is 2.58. The molecule has 1 aromatic rings. The molecule has 1 saturated carbocycles. The molecule has 0 saturated heterocycles. The van der Waals surface area contributed by atoms with Crippen molar-refractivity contribution in [2.75, 3.05) is 0 Å². The summed E-state index contributed by atoms with van der Waals surface area (Å²) in [5.74, 6) is -0.228. The van der Waals surface area contributed by atoms with Gasteiger partial charge in [0.25, 0.3) is 0 Å².